The Hall–Kier alpha value is -3.84. The Morgan fingerprint density at radius 2 is 1.25 bits per heavy atom. The molecule has 0 bridgehead atoms. The first kappa shape index (κ1) is 16.8. The fourth-order valence-electron chi connectivity index (χ4n) is 6.61. The molecule has 5 aromatic carbocycles. The van der Waals surface area contributed by atoms with Crippen LogP contribution in [-0.4, -0.2) is 4.40 Å². The third-order valence-corrected chi connectivity index (χ3v) is 7.89. The van der Waals surface area contributed by atoms with Crippen molar-refractivity contribution in [2.24, 2.45) is 0 Å². The monoisotopic (exact) mass is 407 g/mol. The number of hydrogen-bond acceptors (Lipinski definition) is 0. The molecule has 1 aliphatic rings. The first-order valence-corrected chi connectivity index (χ1v) is 11.4. The van der Waals surface area contributed by atoms with Gasteiger partial charge in [-0.25, -0.2) is 0 Å². The van der Waals surface area contributed by atoms with E-state index >= 15 is 0 Å². The lowest BCUT2D eigenvalue weighted by Gasteiger charge is -2.22. The molecule has 0 amide bonds. The Kier molecular flexibility index (Phi) is 2.79. The van der Waals surface area contributed by atoms with Crippen molar-refractivity contribution in [3.05, 3.63) is 102 Å². The van der Waals surface area contributed by atoms with Crippen LogP contribution in [0, 0.1) is 0 Å². The first-order chi connectivity index (χ1) is 15.7. The summed E-state index contributed by atoms with van der Waals surface area (Å²) < 4.78 is 2.51. The number of nitrogens with zero attached hydrogens (tertiary/aromatic N) is 1. The minimum atomic E-state index is -0.0219. The second kappa shape index (κ2) is 5.31. The maximum atomic E-state index is 2.51. The standard InChI is InChI=1S/C31H21N/c1-31(2)24-13-6-5-10-20(24)21-15-17-26-28(29(21)31)23-12-7-11-22-27-19-9-4-3-8-18(19)14-16-25(27)32(26)30(22)23/h3-17H,1-2H3. The summed E-state index contributed by atoms with van der Waals surface area (Å²) in [6.45, 7) is 4.77. The van der Waals surface area contributed by atoms with Gasteiger partial charge in [-0.2, -0.15) is 0 Å². The summed E-state index contributed by atoms with van der Waals surface area (Å²) in [5.41, 5.74) is 9.64. The quantitative estimate of drug-likeness (QED) is 0.238. The van der Waals surface area contributed by atoms with Gasteiger partial charge in [0.25, 0.3) is 0 Å². The number of fused-ring (bicyclic) bond motifs is 12. The van der Waals surface area contributed by atoms with E-state index in [0.29, 0.717) is 0 Å². The highest BCUT2D eigenvalue weighted by molar-refractivity contribution is 6.29. The maximum absolute atomic E-state index is 2.51. The largest absolute Gasteiger partial charge is 0.308 e. The molecule has 32 heavy (non-hydrogen) atoms. The van der Waals surface area contributed by atoms with Gasteiger partial charge in [-0.1, -0.05) is 92.7 Å². The molecule has 0 fully saturated rings. The predicted molar refractivity (Wildman–Crippen MR) is 136 cm³/mol. The fraction of sp³-hybridized carbons (Fsp3) is 0.0968. The van der Waals surface area contributed by atoms with Crippen molar-refractivity contribution in [3.8, 4) is 11.1 Å². The van der Waals surface area contributed by atoms with Gasteiger partial charge in [0.2, 0.25) is 0 Å². The lowest BCUT2D eigenvalue weighted by molar-refractivity contribution is 0.666. The van der Waals surface area contributed by atoms with Crippen LogP contribution in [0.1, 0.15) is 25.0 Å². The molecule has 1 aliphatic carbocycles. The van der Waals surface area contributed by atoms with Gasteiger partial charge in [0.15, 0.2) is 0 Å². The van der Waals surface area contributed by atoms with Gasteiger partial charge in [-0.15, -0.1) is 0 Å². The Balaban J connectivity index is 1.65. The predicted octanol–water partition coefficient (Wildman–Crippen LogP) is 8.30. The van der Waals surface area contributed by atoms with Crippen molar-refractivity contribution in [2.75, 3.05) is 0 Å². The van der Waals surface area contributed by atoms with Gasteiger partial charge in [0.05, 0.1) is 16.6 Å². The second-order valence-corrected chi connectivity index (χ2v) is 9.77. The number of benzene rings is 5. The molecule has 150 valence electrons. The SMILES string of the molecule is CC1(C)c2ccccc2-c2ccc3c(c21)c1cccc2c4c5ccccc5ccc4n3c12. The van der Waals surface area contributed by atoms with E-state index in [9.17, 15) is 0 Å². The Morgan fingerprint density at radius 3 is 2.16 bits per heavy atom. The van der Waals surface area contributed by atoms with Crippen LogP contribution in [-0.2, 0) is 5.41 Å². The molecule has 0 radical (unpaired) electrons. The molecule has 0 spiro atoms. The zero-order chi connectivity index (χ0) is 21.2. The molecule has 1 nitrogen and oxygen atoms in total. The summed E-state index contributed by atoms with van der Waals surface area (Å²) in [4.78, 5) is 0. The molecule has 8 rings (SSSR count). The highest BCUT2D eigenvalue weighted by Gasteiger charge is 2.38. The van der Waals surface area contributed by atoms with Gasteiger partial charge in [-0.05, 0) is 45.2 Å². The molecule has 0 saturated heterocycles. The zero-order valence-electron chi connectivity index (χ0n) is 18.1. The van der Waals surface area contributed by atoms with Crippen LogP contribution in [0.15, 0.2) is 91.0 Å². The van der Waals surface area contributed by atoms with Crippen molar-refractivity contribution in [1.82, 2.24) is 4.40 Å². The molecular formula is C31H21N. The summed E-state index contributed by atoms with van der Waals surface area (Å²) in [5, 5.41) is 8.15. The van der Waals surface area contributed by atoms with E-state index < -0.39 is 0 Å². The van der Waals surface area contributed by atoms with Crippen molar-refractivity contribution in [1.29, 1.82) is 0 Å². The number of hydrogen-bond donors (Lipinski definition) is 0. The number of aromatic nitrogens is 1. The van der Waals surface area contributed by atoms with Gasteiger partial charge in [-0.3, -0.25) is 0 Å². The highest BCUT2D eigenvalue weighted by Crippen LogP contribution is 2.54. The van der Waals surface area contributed by atoms with Crippen LogP contribution in [0.25, 0.3) is 60.0 Å². The van der Waals surface area contributed by atoms with E-state index in [1.165, 1.54) is 71.1 Å². The Bertz CT molecular complexity index is 1900. The van der Waals surface area contributed by atoms with E-state index in [1.54, 1.807) is 0 Å². The summed E-state index contributed by atoms with van der Waals surface area (Å²) in [5.74, 6) is 0. The average Bonchev–Trinajstić information content (AvgIpc) is 3.42. The van der Waals surface area contributed by atoms with Crippen molar-refractivity contribution < 1.29 is 0 Å². The number of para-hydroxylation sites is 1. The smallest absolute Gasteiger partial charge is 0.0620 e. The first-order valence-electron chi connectivity index (χ1n) is 11.4. The van der Waals surface area contributed by atoms with Crippen molar-refractivity contribution >= 4 is 48.9 Å². The van der Waals surface area contributed by atoms with Gasteiger partial charge in [0.1, 0.15) is 0 Å². The van der Waals surface area contributed by atoms with E-state index in [4.69, 9.17) is 0 Å². The van der Waals surface area contributed by atoms with E-state index in [1.807, 2.05) is 0 Å². The van der Waals surface area contributed by atoms with Crippen LogP contribution < -0.4 is 0 Å². The fourth-order valence-corrected chi connectivity index (χ4v) is 6.61. The Labute approximate surface area is 185 Å². The van der Waals surface area contributed by atoms with Crippen LogP contribution >= 0.6 is 0 Å². The van der Waals surface area contributed by atoms with Gasteiger partial charge >= 0.3 is 0 Å². The molecule has 0 unspecified atom stereocenters. The van der Waals surface area contributed by atoms with E-state index in [0.717, 1.165) is 0 Å². The van der Waals surface area contributed by atoms with Crippen molar-refractivity contribution in [2.45, 2.75) is 19.3 Å². The van der Waals surface area contributed by atoms with Crippen LogP contribution in [0.3, 0.4) is 0 Å². The minimum absolute atomic E-state index is 0.0219. The molecule has 2 aromatic heterocycles. The number of rotatable bonds is 0. The third-order valence-electron chi connectivity index (χ3n) is 7.89. The molecule has 0 atom stereocenters. The summed E-state index contributed by atoms with van der Waals surface area (Å²) in [6, 6.07) is 33.8. The summed E-state index contributed by atoms with van der Waals surface area (Å²) in [7, 11) is 0. The van der Waals surface area contributed by atoms with Gasteiger partial charge < -0.3 is 4.40 Å². The average molecular weight is 408 g/mol. The third kappa shape index (κ3) is 1.72. The minimum Gasteiger partial charge on any atom is -0.308 e. The lowest BCUT2D eigenvalue weighted by atomic mass is 9.80. The zero-order valence-corrected chi connectivity index (χ0v) is 18.1. The van der Waals surface area contributed by atoms with Crippen molar-refractivity contribution in [3.63, 3.8) is 0 Å². The Morgan fingerprint density at radius 1 is 0.562 bits per heavy atom. The molecule has 0 N–H and O–H groups in total. The molecule has 7 aromatic rings. The van der Waals surface area contributed by atoms with E-state index in [2.05, 4.69) is 109 Å². The van der Waals surface area contributed by atoms with Crippen LogP contribution in [0.2, 0.25) is 0 Å². The van der Waals surface area contributed by atoms with Crippen LogP contribution in [0.4, 0.5) is 0 Å². The second-order valence-electron chi connectivity index (χ2n) is 9.77. The highest BCUT2D eigenvalue weighted by atomic mass is 14.9. The summed E-state index contributed by atoms with van der Waals surface area (Å²) >= 11 is 0. The maximum Gasteiger partial charge on any atom is 0.0620 e. The topological polar surface area (TPSA) is 4.41 Å². The molecule has 0 saturated carbocycles. The van der Waals surface area contributed by atoms with Crippen LogP contribution in [0.5, 0.6) is 0 Å². The van der Waals surface area contributed by atoms with Gasteiger partial charge in [0, 0.05) is 27.0 Å². The summed E-state index contributed by atoms with van der Waals surface area (Å²) in [6.07, 6.45) is 0. The molecule has 1 heteroatoms. The van der Waals surface area contributed by atoms with E-state index in [-0.39, 0.29) is 5.41 Å². The lowest BCUT2D eigenvalue weighted by Crippen LogP contribution is -2.15. The molecule has 0 aliphatic heterocycles. The molecule has 2 heterocycles. The normalized spacial score (nSPS) is 14.8. The molecular weight excluding hydrogens is 386 g/mol.